The summed E-state index contributed by atoms with van der Waals surface area (Å²) in [5.74, 6) is 0. The fourth-order valence-electron chi connectivity index (χ4n) is 1.14. The molecule has 2 rings (SSSR count). The van der Waals surface area contributed by atoms with Crippen LogP contribution >= 0.6 is 70.8 Å². The van der Waals surface area contributed by atoms with Gasteiger partial charge in [-0.05, 0) is 36.6 Å². The Hall–Kier alpha value is 0.300. The van der Waals surface area contributed by atoms with Gasteiger partial charge in [0.2, 0.25) is 0 Å². The first-order valence-corrected chi connectivity index (χ1v) is 9.25. The van der Waals surface area contributed by atoms with E-state index in [4.69, 9.17) is 46.4 Å². The molecule has 21 heavy (non-hydrogen) atoms. The molecular weight excluding hydrogens is 386 g/mol. The molecule has 0 nitrogen and oxygen atoms in total. The van der Waals surface area contributed by atoms with Gasteiger partial charge in [-0.25, -0.2) is 0 Å². The van der Waals surface area contributed by atoms with Gasteiger partial charge in [0.15, 0.2) is 0 Å². The van der Waals surface area contributed by atoms with Crippen LogP contribution in [0.2, 0.25) is 20.1 Å². The van der Waals surface area contributed by atoms with Gasteiger partial charge in [0.05, 0.1) is 10.0 Å². The van der Waals surface area contributed by atoms with Crippen molar-refractivity contribution in [2.45, 2.75) is 23.6 Å². The van der Waals surface area contributed by atoms with Crippen LogP contribution < -0.4 is 0 Å². The van der Waals surface area contributed by atoms with Crippen molar-refractivity contribution in [3.8, 4) is 0 Å². The molecule has 0 saturated carbocycles. The Morgan fingerprint density at radius 3 is 1.81 bits per heavy atom. The quantitative estimate of drug-likeness (QED) is 0.372. The Kier molecular flexibility index (Phi) is 12.0. The normalized spacial score (nSPS) is 9.14. The maximum Gasteiger partial charge on any atom is 0.0725 e. The highest BCUT2D eigenvalue weighted by Gasteiger charge is 1.97. The van der Waals surface area contributed by atoms with Gasteiger partial charge in [-0.1, -0.05) is 66.3 Å². The maximum atomic E-state index is 5.73. The van der Waals surface area contributed by atoms with E-state index in [1.54, 1.807) is 36.0 Å². The van der Waals surface area contributed by atoms with E-state index in [0.717, 1.165) is 4.90 Å². The standard InChI is InChI=1S/C7H6Cl2S.C6H4Cl2S.C2H6/c1-10-7-3-5(8)2-6(9)4-7;7-4-2-1-3-5(9)6(4)8;1-2/h2-4H,1H3;1-3,9H;1-2H3. The zero-order chi connectivity index (χ0) is 16.4. The van der Waals surface area contributed by atoms with Crippen LogP contribution in [0.1, 0.15) is 13.8 Å². The molecule has 0 N–H and O–H groups in total. The second-order valence-corrected chi connectivity index (χ2v) is 6.40. The van der Waals surface area contributed by atoms with Crippen molar-refractivity contribution in [2.24, 2.45) is 0 Å². The SMILES string of the molecule is CC.CSc1cc(Cl)cc(Cl)c1.Sc1cccc(Cl)c1Cl. The van der Waals surface area contributed by atoms with E-state index >= 15 is 0 Å². The number of thiol groups is 1. The number of rotatable bonds is 1. The molecule has 0 saturated heterocycles. The van der Waals surface area contributed by atoms with Crippen LogP contribution in [-0.4, -0.2) is 6.26 Å². The number of hydrogen-bond donors (Lipinski definition) is 1. The molecule has 0 unspecified atom stereocenters. The Morgan fingerprint density at radius 1 is 0.905 bits per heavy atom. The van der Waals surface area contributed by atoms with Crippen LogP contribution in [0, 0.1) is 0 Å². The van der Waals surface area contributed by atoms with Crippen molar-refractivity contribution in [1.82, 2.24) is 0 Å². The third kappa shape index (κ3) is 8.49. The van der Waals surface area contributed by atoms with Gasteiger partial charge in [-0.15, -0.1) is 24.4 Å². The molecule has 0 radical (unpaired) electrons. The molecule has 2 aromatic carbocycles. The van der Waals surface area contributed by atoms with E-state index in [9.17, 15) is 0 Å². The molecule has 116 valence electrons. The minimum absolute atomic E-state index is 0.516. The van der Waals surface area contributed by atoms with Gasteiger partial charge in [-0.2, -0.15) is 0 Å². The van der Waals surface area contributed by atoms with Crippen LogP contribution in [0.25, 0.3) is 0 Å². The average Bonchev–Trinajstić information content (AvgIpc) is 2.46. The highest BCUT2D eigenvalue weighted by molar-refractivity contribution is 7.98. The average molecular weight is 402 g/mol. The Labute approximate surface area is 156 Å². The van der Waals surface area contributed by atoms with Crippen molar-refractivity contribution >= 4 is 70.8 Å². The van der Waals surface area contributed by atoms with Crippen LogP contribution in [0.4, 0.5) is 0 Å². The van der Waals surface area contributed by atoms with Gasteiger partial charge in [0, 0.05) is 19.8 Å². The molecule has 0 bridgehead atoms. The summed E-state index contributed by atoms with van der Waals surface area (Å²) in [7, 11) is 0. The molecule has 0 heterocycles. The summed E-state index contributed by atoms with van der Waals surface area (Å²) in [5, 5.41) is 2.44. The molecular formula is C15H16Cl4S2. The lowest BCUT2D eigenvalue weighted by Crippen LogP contribution is -1.70. The molecule has 0 amide bonds. The number of thioether (sulfide) groups is 1. The number of hydrogen-bond acceptors (Lipinski definition) is 2. The molecule has 0 aliphatic carbocycles. The second kappa shape index (κ2) is 11.8. The highest BCUT2D eigenvalue weighted by Crippen LogP contribution is 2.27. The largest absolute Gasteiger partial charge is 0.142 e. The Bertz CT molecular complexity index is 519. The van der Waals surface area contributed by atoms with Crippen LogP contribution in [0.5, 0.6) is 0 Å². The molecule has 0 fully saturated rings. The highest BCUT2D eigenvalue weighted by atomic mass is 35.5. The van der Waals surface area contributed by atoms with Gasteiger partial charge in [0.1, 0.15) is 0 Å². The van der Waals surface area contributed by atoms with Gasteiger partial charge in [0.25, 0.3) is 0 Å². The van der Waals surface area contributed by atoms with Crippen LogP contribution in [-0.2, 0) is 0 Å². The van der Waals surface area contributed by atoms with Crippen molar-refractivity contribution < 1.29 is 0 Å². The van der Waals surface area contributed by atoms with Crippen molar-refractivity contribution in [3.63, 3.8) is 0 Å². The smallest absolute Gasteiger partial charge is 0.0725 e. The topological polar surface area (TPSA) is 0 Å². The fraction of sp³-hybridized carbons (Fsp3) is 0.200. The Balaban J connectivity index is 0.000000342. The summed E-state index contributed by atoms with van der Waals surface area (Å²) in [6.45, 7) is 4.00. The molecule has 0 atom stereocenters. The summed E-state index contributed by atoms with van der Waals surface area (Å²) >= 11 is 28.4. The monoisotopic (exact) mass is 400 g/mol. The third-order valence-corrected chi connectivity index (χ3v) is 4.47. The van der Waals surface area contributed by atoms with Gasteiger partial charge < -0.3 is 0 Å². The summed E-state index contributed by atoms with van der Waals surface area (Å²) in [6.07, 6.45) is 1.99. The van der Waals surface area contributed by atoms with Gasteiger partial charge >= 0.3 is 0 Å². The van der Waals surface area contributed by atoms with Crippen molar-refractivity contribution in [2.75, 3.05) is 6.26 Å². The zero-order valence-electron chi connectivity index (χ0n) is 11.8. The van der Waals surface area contributed by atoms with E-state index in [-0.39, 0.29) is 0 Å². The number of halogens is 4. The van der Waals surface area contributed by atoms with Gasteiger partial charge in [-0.3, -0.25) is 0 Å². The molecule has 0 aliphatic heterocycles. The first-order chi connectivity index (χ1) is 9.93. The van der Waals surface area contributed by atoms with E-state index in [0.29, 0.717) is 25.0 Å². The van der Waals surface area contributed by atoms with Crippen molar-refractivity contribution in [3.05, 3.63) is 56.5 Å². The predicted octanol–water partition coefficient (Wildman–Crippen LogP) is 8.02. The first kappa shape index (κ1) is 21.3. The van der Waals surface area contributed by atoms with Crippen molar-refractivity contribution in [1.29, 1.82) is 0 Å². The zero-order valence-corrected chi connectivity index (χ0v) is 16.6. The summed E-state index contributed by atoms with van der Waals surface area (Å²) < 4.78 is 0. The minimum atomic E-state index is 0.516. The summed E-state index contributed by atoms with van der Waals surface area (Å²) in [5.41, 5.74) is 0. The third-order valence-electron chi connectivity index (χ3n) is 2.00. The second-order valence-electron chi connectivity index (χ2n) is 3.38. The van der Waals surface area contributed by atoms with E-state index in [2.05, 4.69) is 12.6 Å². The van der Waals surface area contributed by atoms with E-state index in [1.807, 2.05) is 32.2 Å². The van der Waals surface area contributed by atoms with E-state index in [1.165, 1.54) is 0 Å². The number of benzene rings is 2. The van der Waals surface area contributed by atoms with E-state index < -0.39 is 0 Å². The summed E-state index contributed by atoms with van der Waals surface area (Å²) in [4.78, 5) is 1.81. The fourth-order valence-corrected chi connectivity index (χ4v) is 2.86. The lowest BCUT2D eigenvalue weighted by Gasteiger charge is -1.96. The Morgan fingerprint density at radius 2 is 1.43 bits per heavy atom. The molecule has 0 aromatic heterocycles. The lowest BCUT2D eigenvalue weighted by molar-refractivity contribution is 1.47. The molecule has 6 heteroatoms. The van der Waals surface area contributed by atoms with Crippen LogP contribution in [0.15, 0.2) is 46.2 Å². The maximum absolute atomic E-state index is 5.73. The summed E-state index contributed by atoms with van der Waals surface area (Å²) in [6, 6.07) is 10.8. The molecule has 0 spiro atoms. The lowest BCUT2D eigenvalue weighted by atomic mass is 10.4. The predicted molar refractivity (Wildman–Crippen MR) is 103 cm³/mol. The molecule has 2 aromatic rings. The molecule has 0 aliphatic rings. The minimum Gasteiger partial charge on any atom is -0.142 e. The first-order valence-electron chi connectivity index (χ1n) is 6.07. The van der Waals surface area contributed by atoms with Crippen LogP contribution in [0.3, 0.4) is 0 Å².